The van der Waals surface area contributed by atoms with Gasteiger partial charge in [-0.25, -0.2) is 4.98 Å². The highest BCUT2D eigenvalue weighted by molar-refractivity contribution is 14.0. The molecule has 0 radical (unpaired) electrons. The van der Waals surface area contributed by atoms with Crippen molar-refractivity contribution in [2.45, 2.75) is 26.2 Å². The van der Waals surface area contributed by atoms with Crippen LogP contribution < -0.4 is 15.4 Å². The molecular weight excluding hydrogens is 495 g/mol. The first-order valence-electron chi connectivity index (χ1n) is 10.0. The number of ether oxygens (including phenoxy) is 1. The second kappa shape index (κ2) is 11.0. The monoisotopic (exact) mass is 522 g/mol. The molecule has 0 atom stereocenters. The van der Waals surface area contributed by atoms with Gasteiger partial charge in [0.05, 0.1) is 12.9 Å². The SMILES string of the molecule is CCNC(=NCCc1nc(-c2ccco2)n[nH]1)NCCc1ccc2c(c1)CCO2.I. The maximum absolute atomic E-state index is 5.57. The van der Waals surface area contributed by atoms with Crippen LogP contribution in [0.3, 0.4) is 0 Å². The van der Waals surface area contributed by atoms with Gasteiger partial charge in [-0.1, -0.05) is 12.1 Å². The van der Waals surface area contributed by atoms with Gasteiger partial charge < -0.3 is 19.8 Å². The lowest BCUT2D eigenvalue weighted by atomic mass is 10.1. The molecule has 0 saturated carbocycles. The summed E-state index contributed by atoms with van der Waals surface area (Å²) < 4.78 is 10.9. The van der Waals surface area contributed by atoms with Crippen LogP contribution in [0.25, 0.3) is 11.6 Å². The number of nitrogens with zero attached hydrogens (tertiary/aromatic N) is 3. The average molecular weight is 522 g/mol. The average Bonchev–Trinajstić information content (AvgIpc) is 3.48. The number of furan rings is 1. The standard InChI is InChI=1S/C21H26N6O2.HI/c1-2-22-21(23-10-7-15-5-6-17-16(14-15)9-13-29-17)24-11-8-19-25-20(27-26-19)18-4-3-12-28-18;/h3-6,12,14H,2,7-11,13H2,1H3,(H2,22,23,24)(H,25,26,27);1H. The summed E-state index contributed by atoms with van der Waals surface area (Å²) in [6.45, 7) is 5.09. The van der Waals surface area contributed by atoms with E-state index in [1.807, 2.05) is 12.1 Å². The van der Waals surface area contributed by atoms with Crippen molar-refractivity contribution in [3.8, 4) is 17.3 Å². The lowest BCUT2D eigenvalue weighted by Crippen LogP contribution is -2.38. The van der Waals surface area contributed by atoms with Gasteiger partial charge >= 0.3 is 0 Å². The van der Waals surface area contributed by atoms with E-state index in [9.17, 15) is 0 Å². The summed E-state index contributed by atoms with van der Waals surface area (Å²) in [4.78, 5) is 9.08. The van der Waals surface area contributed by atoms with E-state index >= 15 is 0 Å². The molecule has 0 aliphatic carbocycles. The fourth-order valence-corrected chi connectivity index (χ4v) is 3.26. The Morgan fingerprint density at radius 3 is 3.00 bits per heavy atom. The van der Waals surface area contributed by atoms with Crippen molar-refractivity contribution in [2.24, 2.45) is 4.99 Å². The van der Waals surface area contributed by atoms with Crippen LogP contribution in [0, 0.1) is 0 Å². The van der Waals surface area contributed by atoms with Crippen molar-refractivity contribution < 1.29 is 9.15 Å². The fourth-order valence-electron chi connectivity index (χ4n) is 3.26. The maximum atomic E-state index is 5.57. The largest absolute Gasteiger partial charge is 0.493 e. The molecule has 4 rings (SSSR count). The van der Waals surface area contributed by atoms with Gasteiger partial charge in [0.25, 0.3) is 0 Å². The van der Waals surface area contributed by atoms with Gasteiger partial charge in [-0.15, -0.1) is 24.0 Å². The summed E-state index contributed by atoms with van der Waals surface area (Å²) in [5.41, 5.74) is 2.62. The molecule has 1 aliphatic rings. The van der Waals surface area contributed by atoms with Crippen LogP contribution in [0.1, 0.15) is 23.9 Å². The Hall–Kier alpha value is -2.56. The van der Waals surface area contributed by atoms with E-state index < -0.39 is 0 Å². The van der Waals surface area contributed by atoms with Crippen LogP contribution in [-0.2, 0) is 19.3 Å². The third-order valence-corrected chi connectivity index (χ3v) is 4.70. The third-order valence-electron chi connectivity index (χ3n) is 4.70. The number of aromatic amines is 1. The number of hydrogen-bond acceptors (Lipinski definition) is 5. The van der Waals surface area contributed by atoms with Crippen LogP contribution in [0.2, 0.25) is 0 Å². The first-order chi connectivity index (χ1) is 14.3. The Morgan fingerprint density at radius 2 is 2.17 bits per heavy atom. The zero-order valence-electron chi connectivity index (χ0n) is 17.0. The van der Waals surface area contributed by atoms with Gasteiger partial charge in [0.1, 0.15) is 11.6 Å². The molecule has 9 heteroatoms. The zero-order chi connectivity index (χ0) is 19.9. The molecule has 0 saturated heterocycles. The molecule has 160 valence electrons. The molecule has 3 N–H and O–H groups in total. The van der Waals surface area contributed by atoms with Crippen LogP contribution in [-0.4, -0.2) is 47.4 Å². The molecule has 3 aromatic rings. The fraction of sp³-hybridized carbons (Fsp3) is 0.381. The van der Waals surface area contributed by atoms with Crippen LogP contribution in [0.4, 0.5) is 0 Å². The number of halogens is 1. The second-order valence-electron chi connectivity index (χ2n) is 6.81. The van der Waals surface area contributed by atoms with Crippen molar-refractivity contribution in [3.63, 3.8) is 0 Å². The number of H-pyrrole nitrogens is 1. The number of aliphatic imine (C=N–C) groups is 1. The first kappa shape index (κ1) is 22.1. The van der Waals surface area contributed by atoms with Gasteiger partial charge in [-0.2, -0.15) is 5.10 Å². The van der Waals surface area contributed by atoms with E-state index in [4.69, 9.17) is 9.15 Å². The molecule has 3 heterocycles. The van der Waals surface area contributed by atoms with Gasteiger partial charge in [0.15, 0.2) is 11.7 Å². The summed E-state index contributed by atoms with van der Waals surface area (Å²) in [6, 6.07) is 10.1. The van der Waals surface area contributed by atoms with Crippen LogP contribution in [0.15, 0.2) is 46.0 Å². The summed E-state index contributed by atoms with van der Waals surface area (Å²) in [5, 5.41) is 13.8. The minimum atomic E-state index is 0. The summed E-state index contributed by atoms with van der Waals surface area (Å²) in [6.07, 6.45) is 4.23. The molecule has 0 fully saturated rings. The van der Waals surface area contributed by atoms with Crippen LogP contribution in [0.5, 0.6) is 5.75 Å². The molecule has 0 bridgehead atoms. The van der Waals surface area contributed by atoms with E-state index in [-0.39, 0.29) is 24.0 Å². The lowest BCUT2D eigenvalue weighted by molar-refractivity contribution is 0.357. The van der Waals surface area contributed by atoms with Gasteiger partial charge in [-0.05, 0) is 42.7 Å². The number of fused-ring (bicyclic) bond motifs is 1. The molecule has 1 aliphatic heterocycles. The Balaban J connectivity index is 0.00000256. The topological polar surface area (TPSA) is 100 Å². The van der Waals surface area contributed by atoms with Crippen molar-refractivity contribution in [1.29, 1.82) is 0 Å². The predicted octanol–water partition coefficient (Wildman–Crippen LogP) is 2.96. The number of hydrogen-bond donors (Lipinski definition) is 3. The molecular formula is C21H27IN6O2. The number of nitrogens with one attached hydrogen (secondary N) is 3. The van der Waals surface area contributed by atoms with Crippen molar-refractivity contribution >= 4 is 29.9 Å². The number of aromatic nitrogens is 3. The van der Waals surface area contributed by atoms with E-state index in [0.717, 1.165) is 50.1 Å². The Morgan fingerprint density at radius 1 is 1.23 bits per heavy atom. The predicted molar refractivity (Wildman–Crippen MR) is 127 cm³/mol. The second-order valence-corrected chi connectivity index (χ2v) is 6.81. The molecule has 0 unspecified atom stereocenters. The molecule has 8 nitrogen and oxygen atoms in total. The molecule has 0 spiro atoms. The maximum Gasteiger partial charge on any atom is 0.216 e. The first-order valence-corrected chi connectivity index (χ1v) is 10.0. The molecule has 2 aromatic heterocycles. The van der Waals surface area contributed by atoms with E-state index in [0.29, 0.717) is 24.6 Å². The highest BCUT2D eigenvalue weighted by Gasteiger charge is 2.12. The zero-order valence-corrected chi connectivity index (χ0v) is 19.3. The summed E-state index contributed by atoms with van der Waals surface area (Å²) >= 11 is 0. The van der Waals surface area contributed by atoms with Gasteiger partial charge in [0.2, 0.25) is 5.82 Å². The summed E-state index contributed by atoms with van der Waals surface area (Å²) in [5.74, 6) is 3.85. The quantitative estimate of drug-likeness (QED) is 0.239. The van der Waals surface area contributed by atoms with E-state index in [1.54, 1.807) is 6.26 Å². The van der Waals surface area contributed by atoms with Crippen molar-refractivity contribution in [3.05, 3.63) is 53.5 Å². The third kappa shape index (κ3) is 5.74. The Labute approximate surface area is 192 Å². The summed E-state index contributed by atoms with van der Waals surface area (Å²) in [7, 11) is 0. The van der Waals surface area contributed by atoms with Crippen molar-refractivity contribution in [1.82, 2.24) is 25.8 Å². The molecule has 30 heavy (non-hydrogen) atoms. The number of guanidine groups is 1. The van der Waals surface area contributed by atoms with Crippen LogP contribution >= 0.6 is 24.0 Å². The van der Waals surface area contributed by atoms with E-state index in [2.05, 4.69) is 55.9 Å². The Kier molecular flexibility index (Phi) is 8.12. The highest BCUT2D eigenvalue weighted by atomic mass is 127. The number of benzene rings is 1. The van der Waals surface area contributed by atoms with E-state index in [1.165, 1.54) is 11.1 Å². The molecule has 1 aromatic carbocycles. The van der Waals surface area contributed by atoms with Crippen molar-refractivity contribution in [2.75, 3.05) is 26.2 Å². The lowest BCUT2D eigenvalue weighted by Gasteiger charge is -2.11. The minimum absolute atomic E-state index is 0. The smallest absolute Gasteiger partial charge is 0.216 e. The normalized spacial score (nSPS) is 12.8. The van der Waals surface area contributed by atoms with Gasteiger partial charge in [0, 0.05) is 32.5 Å². The van der Waals surface area contributed by atoms with Gasteiger partial charge in [-0.3, -0.25) is 10.1 Å². The molecule has 0 amide bonds. The minimum Gasteiger partial charge on any atom is -0.493 e. The Bertz CT molecular complexity index is 954. The number of rotatable bonds is 8. The highest BCUT2D eigenvalue weighted by Crippen LogP contribution is 2.25.